The molecule has 8 heteroatoms. The minimum Gasteiger partial charge on any atom is -0.457 e. The molecule has 150 valence electrons. The van der Waals surface area contributed by atoms with Crippen molar-refractivity contribution in [3.05, 3.63) is 92.6 Å². The topological polar surface area (TPSA) is 93.7 Å². The van der Waals surface area contributed by atoms with Gasteiger partial charge in [0.05, 0.1) is 16.4 Å². The summed E-state index contributed by atoms with van der Waals surface area (Å²) in [5, 5.41) is 10.8. The van der Waals surface area contributed by atoms with Crippen LogP contribution < -0.4 is 0 Å². The van der Waals surface area contributed by atoms with Crippen LogP contribution in [0.2, 0.25) is 0 Å². The second-order valence-electron chi connectivity index (χ2n) is 6.71. The van der Waals surface area contributed by atoms with Crippen LogP contribution in [0.15, 0.2) is 70.0 Å². The highest BCUT2D eigenvalue weighted by Gasteiger charge is 2.35. The second kappa shape index (κ2) is 8.00. The Morgan fingerprint density at radius 2 is 1.87 bits per heavy atom. The summed E-state index contributed by atoms with van der Waals surface area (Å²) in [6.07, 6.45) is 1.52. The molecule has 1 aromatic heterocycles. The van der Waals surface area contributed by atoms with Gasteiger partial charge in [-0.2, -0.15) is 0 Å². The van der Waals surface area contributed by atoms with E-state index in [1.54, 1.807) is 31.2 Å². The second-order valence-corrected chi connectivity index (χ2v) is 7.71. The van der Waals surface area contributed by atoms with E-state index in [1.807, 2.05) is 30.3 Å². The summed E-state index contributed by atoms with van der Waals surface area (Å²) in [6.45, 7) is 1.88. The van der Waals surface area contributed by atoms with Crippen LogP contribution in [0.1, 0.15) is 16.9 Å². The van der Waals surface area contributed by atoms with Crippen LogP contribution in [0.4, 0.5) is 10.5 Å². The van der Waals surface area contributed by atoms with Gasteiger partial charge in [-0.25, -0.2) is 0 Å². The van der Waals surface area contributed by atoms with E-state index < -0.39 is 4.92 Å². The van der Waals surface area contributed by atoms with Crippen LogP contribution >= 0.6 is 11.8 Å². The Morgan fingerprint density at radius 3 is 2.60 bits per heavy atom. The summed E-state index contributed by atoms with van der Waals surface area (Å²) < 4.78 is 5.75. The number of furan rings is 1. The zero-order valence-electron chi connectivity index (χ0n) is 15.9. The molecule has 2 amide bonds. The lowest BCUT2D eigenvalue weighted by Crippen LogP contribution is -2.27. The molecule has 2 aromatic carbocycles. The largest absolute Gasteiger partial charge is 0.457 e. The van der Waals surface area contributed by atoms with Crippen molar-refractivity contribution in [3.8, 4) is 11.3 Å². The standard InChI is InChI=1S/C22H16N2O5S/c1-14-7-8-16(11-18(14)24(27)28)19-10-9-17(29-19)12-20-21(25)23(22(26)30-20)13-15-5-3-2-4-6-15/h2-12H,13H2,1H3/b20-12+. The normalized spacial score (nSPS) is 15.2. The van der Waals surface area contributed by atoms with Gasteiger partial charge in [0.1, 0.15) is 11.5 Å². The zero-order valence-corrected chi connectivity index (χ0v) is 16.7. The molecule has 0 radical (unpaired) electrons. The van der Waals surface area contributed by atoms with E-state index in [-0.39, 0.29) is 28.3 Å². The minimum atomic E-state index is -0.439. The van der Waals surface area contributed by atoms with Crippen molar-refractivity contribution in [1.82, 2.24) is 4.90 Å². The zero-order chi connectivity index (χ0) is 21.3. The van der Waals surface area contributed by atoms with Crippen LogP contribution in [0.5, 0.6) is 0 Å². The van der Waals surface area contributed by atoms with Crippen LogP contribution in [-0.4, -0.2) is 21.0 Å². The first kappa shape index (κ1) is 19.7. The summed E-state index contributed by atoms with van der Waals surface area (Å²) in [4.78, 5) is 37.1. The molecule has 1 aliphatic rings. The van der Waals surface area contributed by atoms with Crippen molar-refractivity contribution in [2.75, 3.05) is 0 Å². The average molecular weight is 420 g/mol. The molecule has 0 aliphatic carbocycles. The number of nitrogens with zero attached hydrogens (tertiary/aromatic N) is 2. The van der Waals surface area contributed by atoms with Crippen molar-refractivity contribution in [2.24, 2.45) is 0 Å². The van der Waals surface area contributed by atoms with E-state index in [0.29, 0.717) is 22.6 Å². The van der Waals surface area contributed by atoms with Crippen molar-refractivity contribution >= 4 is 34.7 Å². The van der Waals surface area contributed by atoms with Crippen LogP contribution in [0.3, 0.4) is 0 Å². The molecule has 3 aromatic rings. The third-order valence-corrected chi connectivity index (χ3v) is 5.55. The third-order valence-electron chi connectivity index (χ3n) is 4.65. The number of aryl methyl sites for hydroxylation is 1. The SMILES string of the molecule is Cc1ccc(-c2ccc(/C=C3/SC(=O)N(Cc4ccccc4)C3=O)o2)cc1[N+](=O)[O-]. The number of nitro benzene ring substituents is 1. The van der Waals surface area contributed by atoms with Gasteiger partial charge in [-0.15, -0.1) is 0 Å². The molecule has 0 atom stereocenters. The fourth-order valence-corrected chi connectivity index (χ4v) is 3.89. The summed E-state index contributed by atoms with van der Waals surface area (Å²) in [7, 11) is 0. The van der Waals surface area contributed by atoms with Gasteiger partial charge in [0.15, 0.2) is 0 Å². The number of benzene rings is 2. The van der Waals surface area contributed by atoms with Crippen LogP contribution in [0, 0.1) is 17.0 Å². The first-order valence-electron chi connectivity index (χ1n) is 9.07. The van der Waals surface area contributed by atoms with Crippen molar-refractivity contribution in [2.45, 2.75) is 13.5 Å². The minimum absolute atomic E-state index is 0.00693. The maximum atomic E-state index is 12.7. The van der Waals surface area contributed by atoms with Gasteiger partial charge in [0.2, 0.25) is 0 Å². The molecule has 1 fully saturated rings. The third kappa shape index (κ3) is 3.90. The quantitative estimate of drug-likeness (QED) is 0.312. The van der Waals surface area contributed by atoms with Gasteiger partial charge in [-0.1, -0.05) is 42.5 Å². The number of amides is 2. The smallest absolute Gasteiger partial charge is 0.293 e. The fraction of sp³-hybridized carbons (Fsp3) is 0.0909. The lowest BCUT2D eigenvalue weighted by molar-refractivity contribution is -0.385. The number of imide groups is 1. The van der Waals surface area contributed by atoms with E-state index in [1.165, 1.54) is 17.0 Å². The van der Waals surface area contributed by atoms with Crippen molar-refractivity contribution in [1.29, 1.82) is 0 Å². The first-order valence-corrected chi connectivity index (χ1v) is 9.88. The number of carbonyl (C=O) groups is 2. The highest BCUT2D eigenvalue weighted by atomic mass is 32.2. The van der Waals surface area contributed by atoms with Gasteiger partial charge >= 0.3 is 0 Å². The van der Waals surface area contributed by atoms with Crippen LogP contribution in [-0.2, 0) is 11.3 Å². The van der Waals surface area contributed by atoms with E-state index in [9.17, 15) is 19.7 Å². The molecule has 2 heterocycles. The summed E-state index contributed by atoms with van der Waals surface area (Å²) in [5.74, 6) is 0.448. The molecule has 7 nitrogen and oxygen atoms in total. The molecule has 1 saturated heterocycles. The number of thioether (sulfide) groups is 1. The lowest BCUT2D eigenvalue weighted by atomic mass is 10.1. The Morgan fingerprint density at radius 1 is 1.10 bits per heavy atom. The Labute approximate surface area is 176 Å². The van der Waals surface area contributed by atoms with Crippen LogP contribution in [0.25, 0.3) is 17.4 Å². The number of rotatable bonds is 5. The highest BCUT2D eigenvalue weighted by Crippen LogP contribution is 2.34. The predicted octanol–water partition coefficient (Wildman–Crippen LogP) is 5.40. The molecular weight excluding hydrogens is 404 g/mol. The van der Waals surface area contributed by atoms with Gasteiger partial charge < -0.3 is 4.42 Å². The molecular formula is C22H16N2O5S. The van der Waals surface area contributed by atoms with E-state index in [2.05, 4.69) is 0 Å². The summed E-state index contributed by atoms with van der Waals surface area (Å²) >= 11 is 0.858. The van der Waals surface area contributed by atoms with E-state index in [0.717, 1.165) is 17.3 Å². The molecule has 30 heavy (non-hydrogen) atoms. The number of carbonyl (C=O) groups excluding carboxylic acids is 2. The van der Waals surface area contributed by atoms with Crippen molar-refractivity contribution < 1.29 is 18.9 Å². The van der Waals surface area contributed by atoms with Gasteiger partial charge in [-0.05, 0) is 36.4 Å². The number of nitro groups is 1. The monoisotopic (exact) mass is 420 g/mol. The molecule has 0 saturated carbocycles. The number of hydrogen-bond acceptors (Lipinski definition) is 6. The fourth-order valence-electron chi connectivity index (χ4n) is 3.08. The van der Waals surface area contributed by atoms with E-state index in [4.69, 9.17) is 4.42 Å². The molecule has 1 aliphatic heterocycles. The molecule has 0 spiro atoms. The molecule has 0 unspecified atom stereocenters. The maximum absolute atomic E-state index is 12.7. The molecule has 0 N–H and O–H groups in total. The Kier molecular flexibility index (Phi) is 5.24. The maximum Gasteiger partial charge on any atom is 0.293 e. The number of hydrogen-bond donors (Lipinski definition) is 0. The average Bonchev–Trinajstić information content (AvgIpc) is 3.29. The summed E-state index contributed by atoms with van der Waals surface area (Å²) in [6, 6.07) is 17.5. The molecule has 4 rings (SSSR count). The van der Waals surface area contributed by atoms with Gasteiger partial charge in [-0.3, -0.25) is 24.6 Å². The van der Waals surface area contributed by atoms with E-state index >= 15 is 0 Å². The predicted molar refractivity (Wildman–Crippen MR) is 113 cm³/mol. The van der Waals surface area contributed by atoms with Gasteiger partial charge in [0.25, 0.3) is 16.8 Å². The Balaban J connectivity index is 1.56. The van der Waals surface area contributed by atoms with Gasteiger partial charge in [0, 0.05) is 23.3 Å². The lowest BCUT2D eigenvalue weighted by Gasteiger charge is -2.11. The molecule has 0 bridgehead atoms. The Bertz CT molecular complexity index is 1180. The highest BCUT2D eigenvalue weighted by molar-refractivity contribution is 8.18. The Hall–Kier alpha value is -3.65. The summed E-state index contributed by atoms with van der Waals surface area (Å²) in [5.41, 5.74) is 1.99. The van der Waals surface area contributed by atoms with Crippen molar-refractivity contribution in [3.63, 3.8) is 0 Å². The first-order chi connectivity index (χ1) is 14.4.